The number of aromatic nitrogens is 2. The van der Waals surface area contributed by atoms with Crippen LogP contribution in [-0.2, 0) is 6.18 Å². The molecule has 2 rings (SSSR count). The van der Waals surface area contributed by atoms with Gasteiger partial charge in [-0.2, -0.15) is 13.2 Å². The molecule has 0 amide bonds. The van der Waals surface area contributed by atoms with Crippen molar-refractivity contribution in [3.8, 4) is 0 Å². The molecular formula is C12H9F4N3S. The van der Waals surface area contributed by atoms with Crippen LogP contribution in [0.15, 0.2) is 40.3 Å². The van der Waals surface area contributed by atoms with Gasteiger partial charge in [-0.3, -0.25) is 0 Å². The second-order valence-electron chi connectivity index (χ2n) is 3.72. The fourth-order valence-corrected chi connectivity index (χ4v) is 2.25. The van der Waals surface area contributed by atoms with Crippen LogP contribution in [0.3, 0.4) is 0 Å². The molecule has 0 aliphatic heterocycles. The van der Waals surface area contributed by atoms with Crippen molar-refractivity contribution < 1.29 is 17.6 Å². The summed E-state index contributed by atoms with van der Waals surface area (Å²) in [6.45, 7) is 0. The molecule has 106 valence electrons. The number of alkyl halides is 3. The minimum Gasteiger partial charge on any atom is -0.357 e. The molecule has 1 N–H and O–H groups in total. The van der Waals surface area contributed by atoms with E-state index in [1.165, 1.54) is 25.2 Å². The van der Waals surface area contributed by atoms with Gasteiger partial charge in [0.25, 0.3) is 0 Å². The largest absolute Gasteiger partial charge is 0.433 e. The van der Waals surface area contributed by atoms with Crippen LogP contribution in [0.4, 0.5) is 23.5 Å². The summed E-state index contributed by atoms with van der Waals surface area (Å²) in [6.07, 6.45) is -4.56. The van der Waals surface area contributed by atoms with E-state index >= 15 is 0 Å². The van der Waals surface area contributed by atoms with E-state index < -0.39 is 17.7 Å². The van der Waals surface area contributed by atoms with Crippen molar-refractivity contribution in [1.82, 2.24) is 9.97 Å². The van der Waals surface area contributed by atoms with Gasteiger partial charge in [-0.25, -0.2) is 14.4 Å². The zero-order valence-corrected chi connectivity index (χ0v) is 11.0. The highest BCUT2D eigenvalue weighted by atomic mass is 32.2. The summed E-state index contributed by atoms with van der Waals surface area (Å²) >= 11 is 0.930. The molecule has 1 aromatic carbocycles. The number of rotatable bonds is 3. The number of hydrogen-bond donors (Lipinski definition) is 1. The Morgan fingerprint density at radius 3 is 2.50 bits per heavy atom. The van der Waals surface area contributed by atoms with Crippen molar-refractivity contribution in [3.05, 3.63) is 41.8 Å². The van der Waals surface area contributed by atoms with Gasteiger partial charge in [-0.15, -0.1) is 0 Å². The van der Waals surface area contributed by atoms with Crippen molar-refractivity contribution in [3.63, 3.8) is 0 Å². The van der Waals surface area contributed by atoms with Gasteiger partial charge in [-0.05, 0) is 18.2 Å². The topological polar surface area (TPSA) is 37.8 Å². The van der Waals surface area contributed by atoms with E-state index in [0.717, 1.165) is 17.8 Å². The lowest BCUT2D eigenvalue weighted by atomic mass is 10.3. The SMILES string of the molecule is CNc1nc(Sc2cccc(F)c2)cc(C(F)(F)F)n1. The zero-order valence-electron chi connectivity index (χ0n) is 10.2. The maximum absolute atomic E-state index is 13.0. The van der Waals surface area contributed by atoms with Crippen LogP contribution in [0, 0.1) is 5.82 Å². The van der Waals surface area contributed by atoms with E-state index in [1.807, 2.05) is 0 Å². The maximum Gasteiger partial charge on any atom is 0.433 e. The summed E-state index contributed by atoms with van der Waals surface area (Å²) in [7, 11) is 1.42. The molecule has 1 aromatic heterocycles. The van der Waals surface area contributed by atoms with E-state index in [9.17, 15) is 17.6 Å². The number of halogens is 4. The molecular weight excluding hydrogens is 294 g/mol. The van der Waals surface area contributed by atoms with Crippen LogP contribution >= 0.6 is 11.8 Å². The van der Waals surface area contributed by atoms with Crippen molar-refractivity contribution in [1.29, 1.82) is 0 Å². The third-order valence-electron chi connectivity index (χ3n) is 2.24. The maximum atomic E-state index is 13.0. The van der Waals surface area contributed by atoms with Crippen molar-refractivity contribution in [2.45, 2.75) is 16.1 Å². The lowest BCUT2D eigenvalue weighted by Gasteiger charge is -2.09. The Kier molecular flexibility index (Phi) is 4.12. The van der Waals surface area contributed by atoms with Crippen LogP contribution in [0.5, 0.6) is 0 Å². The molecule has 0 atom stereocenters. The van der Waals surface area contributed by atoms with E-state index in [1.54, 1.807) is 6.07 Å². The molecule has 8 heteroatoms. The van der Waals surface area contributed by atoms with Crippen LogP contribution < -0.4 is 5.32 Å². The van der Waals surface area contributed by atoms with Gasteiger partial charge in [0, 0.05) is 18.0 Å². The van der Waals surface area contributed by atoms with Gasteiger partial charge in [0.2, 0.25) is 5.95 Å². The normalized spacial score (nSPS) is 11.4. The minimum absolute atomic E-state index is 0.0854. The Hall–Kier alpha value is -1.83. The first-order chi connectivity index (χ1) is 9.38. The van der Waals surface area contributed by atoms with Crippen molar-refractivity contribution in [2.75, 3.05) is 12.4 Å². The predicted molar refractivity (Wildman–Crippen MR) is 67.1 cm³/mol. The molecule has 20 heavy (non-hydrogen) atoms. The summed E-state index contributed by atoms with van der Waals surface area (Å²) < 4.78 is 51.1. The van der Waals surface area contributed by atoms with E-state index in [4.69, 9.17) is 0 Å². The molecule has 1 heterocycles. The first-order valence-corrected chi connectivity index (χ1v) is 6.27. The van der Waals surface area contributed by atoms with Gasteiger partial charge < -0.3 is 5.32 Å². The summed E-state index contributed by atoms with van der Waals surface area (Å²) in [5.41, 5.74) is -1.05. The fourth-order valence-electron chi connectivity index (χ4n) is 1.39. The summed E-state index contributed by atoms with van der Waals surface area (Å²) in [5.74, 6) is -0.604. The standard InChI is InChI=1S/C12H9F4N3S/c1-17-11-18-9(12(14,15)16)6-10(19-11)20-8-4-2-3-7(13)5-8/h2-6H,1H3,(H,17,18,19). The second kappa shape index (κ2) is 5.66. The Labute approximate surface area is 116 Å². The number of nitrogens with one attached hydrogen (secondary N) is 1. The van der Waals surface area contributed by atoms with Crippen LogP contribution in [0.25, 0.3) is 0 Å². The molecule has 0 aliphatic carbocycles. The van der Waals surface area contributed by atoms with Crippen LogP contribution in [-0.4, -0.2) is 17.0 Å². The average molecular weight is 303 g/mol. The zero-order chi connectivity index (χ0) is 14.8. The van der Waals surface area contributed by atoms with Crippen LogP contribution in [0.2, 0.25) is 0 Å². The highest BCUT2D eigenvalue weighted by Gasteiger charge is 2.33. The van der Waals surface area contributed by atoms with Gasteiger partial charge in [0.15, 0.2) is 5.69 Å². The molecule has 0 unspecified atom stereocenters. The number of hydrogen-bond acceptors (Lipinski definition) is 4. The predicted octanol–water partition coefficient (Wildman–Crippen LogP) is 3.83. The van der Waals surface area contributed by atoms with Crippen molar-refractivity contribution in [2.24, 2.45) is 0 Å². The quantitative estimate of drug-likeness (QED) is 0.691. The minimum atomic E-state index is -4.56. The van der Waals surface area contributed by atoms with Gasteiger partial charge in [-0.1, -0.05) is 17.8 Å². The molecule has 0 spiro atoms. The average Bonchev–Trinajstić information content (AvgIpc) is 2.37. The summed E-state index contributed by atoms with van der Waals surface area (Å²) in [6, 6.07) is 6.37. The van der Waals surface area contributed by atoms with Gasteiger partial charge >= 0.3 is 6.18 Å². The highest BCUT2D eigenvalue weighted by Crippen LogP contribution is 2.33. The van der Waals surface area contributed by atoms with Crippen LogP contribution in [0.1, 0.15) is 5.69 Å². The van der Waals surface area contributed by atoms with Gasteiger partial charge in [0.1, 0.15) is 10.8 Å². The molecule has 0 bridgehead atoms. The molecule has 0 fully saturated rings. The summed E-state index contributed by atoms with van der Waals surface area (Å²) in [4.78, 5) is 7.71. The first kappa shape index (κ1) is 14.6. The molecule has 0 saturated carbocycles. The lowest BCUT2D eigenvalue weighted by molar-refractivity contribution is -0.141. The third-order valence-corrected chi connectivity index (χ3v) is 3.14. The highest BCUT2D eigenvalue weighted by molar-refractivity contribution is 7.99. The molecule has 2 aromatic rings. The Morgan fingerprint density at radius 2 is 1.90 bits per heavy atom. The number of benzene rings is 1. The van der Waals surface area contributed by atoms with Gasteiger partial charge in [0.05, 0.1) is 0 Å². The number of nitrogens with zero attached hydrogens (tertiary/aromatic N) is 2. The van der Waals surface area contributed by atoms with E-state index in [0.29, 0.717) is 4.90 Å². The molecule has 3 nitrogen and oxygen atoms in total. The lowest BCUT2D eigenvalue weighted by Crippen LogP contribution is -2.11. The Morgan fingerprint density at radius 1 is 1.15 bits per heavy atom. The second-order valence-corrected chi connectivity index (χ2v) is 4.82. The van der Waals surface area contributed by atoms with Crippen molar-refractivity contribution >= 4 is 17.7 Å². The fraction of sp³-hybridized carbons (Fsp3) is 0.167. The Bertz CT molecular complexity index is 616. The first-order valence-electron chi connectivity index (χ1n) is 5.46. The van der Waals surface area contributed by atoms with E-state index in [-0.39, 0.29) is 11.0 Å². The smallest absolute Gasteiger partial charge is 0.357 e. The molecule has 0 saturated heterocycles. The number of anilines is 1. The molecule has 0 aliphatic rings. The Balaban J connectivity index is 2.36. The van der Waals surface area contributed by atoms with E-state index in [2.05, 4.69) is 15.3 Å². The third kappa shape index (κ3) is 3.60. The molecule has 0 radical (unpaired) electrons. The summed E-state index contributed by atoms with van der Waals surface area (Å²) in [5, 5.41) is 2.55. The monoisotopic (exact) mass is 303 g/mol.